The molecule has 7 heteroatoms. The van der Waals surface area contributed by atoms with Crippen LogP contribution in [0, 0.1) is 5.82 Å². The Morgan fingerprint density at radius 3 is 2.68 bits per heavy atom. The number of carbonyl (C=O) groups is 2. The second-order valence-corrected chi connectivity index (χ2v) is 5.00. The molecule has 0 fully saturated rings. The van der Waals surface area contributed by atoms with Gasteiger partial charge in [0, 0.05) is 23.7 Å². The molecule has 0 amide bonds. The van der Waals surface area contributed by atoms with Crippen LogP contribution in [0.2, 0.25) is 0 Å². The Morgan fingerprint density at radius 1 is 1.23 bits per heavy atom. The Balaban J connectivity index is 2.39. The fourth-order valence-corrected chi connectivity index (χ4v) is 2.64. The lowest BCUT2D eigenvalue weighted by Crippen LogP contribution is -2.32. The van der Waals surface area contributed by atoms with Gasteiger partial charge in [0.15, 0.2) is 5.78 Å². The zero-order valence-corrected chi connectivity index (χ0v) is 11.4. The van der Waals surface area contributed by atoms with E-state index < -0.39 is 22.9 Å². The number of aromatic nitrogens is 2. The van der Waals surface area contributed by atoms with Crippen LogP contribution in [0.15, 0.2) is 29.3 Å². The zero-order valence-electron chi connectivity index (χ0n) is 11.4. The quantitative estimate of drug-likeness (QED) is 0.910. The van der Waals surface area contributed by atoms with E-state index >= 15 is 0 Å². The molecule has 3 rings (SSSR count). The number of carboxylic acid groups (broad SMARTS) is 1. The van der Waals surface area contributed by atoms with Gasteiger partial charge >= 0.3 is 5.97 Å². The molecular formula is C15H11FN2O4. The van der Waals surface area contributed by atoms with Crippen LogP contribution in [0.4, 0.5) is 4.39 Å². The number of carboxylic acids is 1. The molecule has 112 valence electrons. The number of rotatable bonds is 2. The van der Waals surface area contributed by atoms with E-state index in [-0.39, 0.29) is 17.0 Å². The van der Waals surface area contributed by atoms with E-state index in [0.717, 1.165) is 22.9 Å². The van der Waals surface area contributed by atoms with E-state index in [4.69, 9.17) is 5.11 Å². The molecule has 0 bridgehead atoms. The highest BCUT2D eigenvalue weighted by Gasteiger charge is 2.26. The Hall–Kier alpha value is -2.83. The van der Waals surface area contributed by atoms with Crippen molar-refractivity contribution in [1.82, 2.24) is 9.55 Å². The Morgan fingerprint density at radius 2 is 2.00 bits per heavy atom. The van der Waals surface area contributed by atoms with Crippen LogP contribution in [0.5, 0.6) is 0 Å². The highest BCUT2D eigenvalue weighted by molar-refractivity contribution is 6.00. The number of nitrogens with zero attached hydrogens (tertiary/aromatic N) is 2. The van der Waals surface area contributed by atoms with Crippen LogP contribution in [0.1, 0.15) is 39.3 Å². The van der Waals surface area contributed by atoms with Crippen LogP contribution < -0.4 is 5.56 Å². The third kappa shape index (κ3) is 2.20. The predicted molar refractivity (Wildman–Crippen MR) is 74.0 cm³/mol. The number of Topliss-reactive ketones (excluding diaryl/α,β-unsaturated/α-hetero) is 1. The second kappa shape index (κ2) is 5.18. The van der Waals surface area contributed by atoms with Gasteiger partial charge in [-0.25, -0.2) is 9.18 Å². The molecule has 0 radical (unpaired) electrons. The fraction of sp³-hybridized carbons (Fsp3) is 0.200. The Kier molecular flexibility index (Phi) is 3.32. The van der Waals surface area contributed by atoms with Gasteiger partial charge < -0.3 is 5.11 Å². The molecule has 0 aliphatic heterocycles. The highest BCUT2D eigenvalue weighted by Crippen LogP contribution is 2.23. The van der Waals surface area contributed by atoms with Gasteiger partial charge in [-0.15, -0.1) is 0 Å². The summed E-state index contributed by atoms with van der Waals surface area (Å²) in [6.07, 6.45) is 3.53. The first-order valence-electron chi connectivity index (χ1n) is 6.65. The highest BCUT2D eigenvalue weighted by atomic mass is 19.1. The molecule has 22 heavy (non-hydrogen) atoms. The Bertz CT molecular complexity index is 857. The minimum Gasteiger partial charge on any atom is -0.477 e. The van der Waals surface area contributed by atoms with Gasteiger partial charge in [0.2, 0.25) is 0 Å². The maximum atomic E-state index is 13.4. The summed E-state index contributed by atoms with van der Waals surface area (Å²) >= 11 is 0. The van der Waals surface area contributed by atoms with Gasteiger partial charge in [0.1, 0.15) is 11.4 Å². The van der Waals surface area contributed by atoms with Crippen LogP contribution in [0.3, 0.4) is 0 Å². The van der Waals surface area contributed by atoms with Crippen molar-refractivity contribution in [1.29, 1.82) is 0 Å². The van der Waals surface area contributed by atoms with E-state index in [1.807, 2.05) is 0 Å². The summed E-state index contributed by atoms with van der Waals surface area (Å²) in [6, 6.07) is 2.20. The molecule has 0 atom stereocenters. The normalized spacial score (nSPS) is 13.8. The number of hydrogen-bond acceptors (Lipinski definition) is 4. The molecule has 2 heterocycles. The average Bonchev–Trinajstić information content (AvgIpc) is 2.46. The number of ketones is 1. The van der Waals surface area contributed by atoms with Gasteiger partial charge in [0.05, 0.1) is 18.1 Å². The van der Waals surface area contributed by atoms with Crippen LogP contribution in [0.25, 0.3) is 5.69 Å². The first kappa shape index (κ1) is 14.1. The van der Waals surface area contributed by atoms with Gasteiger partial charge in [-0.1, -0.05) is 0 Å². The maximum absolute atomic E-state index is 13.4. The van der Waals surface area contributed by atoms with Gasteiger partial charge in [0.25, 0.3) is 5.56 Å². The Labute approximate surface area is 123 Å². The first-order chi connectivity index (χ1) is 10.5. The third-order valence-corrected chi connectivity index (χ3v) is 3.60. The summed E-state index contributed by atoms with van der Waals surface area (Å²) in [5.74, 6) is -2.30. The molecule has 1 aliphatic carbocycles. The van der Waals surface area contributed by atoms with Crippen molar-refractivity contribution in [2.24, 2.45) is 0 Å². The molecule has 1 aliphatic rings. The van der Waals surface area contributed by atoms with Crippen molar-refractivity contribution in [3.63, 3.8) is 0 Å². The van der Waals surface area contributed by atoms with Crippen molar-refractivity contribution < 1.29 is 19.1 Å². The molecule has 0 spiro atoms. The molecule has 0 aromatic carbocycles. The van der Waals surface area contributed by atoms with Crippen LogP contribution in [-0.2, 0) is 6.42 Å². The number of hydrogen-bond donors (Lipinski definition) is 1. The summed E-state index contributed by atoms with van der Waals surface area (Å²) in [6.45, 7) is 0. The van der Waals surface area contributed by atoms with Crippen molar-refractivity contribution in [3.05, 3.63) is 57.5 Å². The van der Waals surface area contributed by atoms with E-state index in [1.54, 1.807) is 0 Å². The SMILES string of the molecule is O=C1CCCc2c1cc(C(=O)O)c(=O)n2-c1cncc(F)c1. The number of pyridine rings is 2. The smallest absolute Gasteiger partial charge is 0.341 e. The standard InChI is InChI=1S/C15H11FN2O4/c16-8-4-9(7-17-6-8)18-12-2-1-3-13(19)10(12)5-11(14(18)20)15(21)22/h4-7H,1-3H2,(H,21,22). The largest absolute Gasteiger partial charge is 0.477 e. The van der Waals surface area contributed by atoms with E-state index in [1.165, 1.54) is 6.20 Å². The molecule has 1 N–H and O–H groups in total. The lowest BCUT2D eigenvalue weighted by molar-refractivity contribution is 0.0694. The molecule has 0 unspecified atom stereocenters. The van der Waals surface area contributed by atoms with Gasteiger partial charge in [-0.2, -0.15) is 0 Å². The number of carbonyl (C=O) groups excluding carboxylic acids is 1. The number of aromatic carboxylic acids is 1. The van der Waals surface area contributed by atoms with Crippen molar-refractivity contribution in [2.75, 3.05) is 0 Å². The monoisotopic (exact) mass is 302 g/mol. The van der Waals surface area contributed by atoms with E-state index in [0.29, 0.717) is 25.0 Å². The minimum atomic E-state index is -1.43. The zero-order chi connectivity index (χ0) is 15.9. The first-order valence-corrected chi connectivity index (χ1v) is 6.65. The fourth-order valence-electron chi connectivity index (χ4n) is 2.64. The van der Waals surface area contributed by atoms with Crippen molar-refractivity contribution in [2.45, 2.75) is 19.3 Å². The third-order valence-electron chi connectivity index (χ3n) is 3.60. The van der Waals surface area contributed by atoms with Gasteiger partial charge in [-0.3, -0.25) is 19.1 Å². The number of halogens is 1. The molecular weight excluding hydrogens is 291 g/mol. The number of fused-ring (bicyclic) bond motifs is 1. The summed E-state index contributed by atoms with van der Waals surface area (Å²) in [5, 5.41) is 9.17. The topological polar surface area (TPSA) is 89.3 Å². The maximum Gasteiger partial charge on any atom is 0.341 e. The summed E-state index contributed by atoms with van der Waals surface area (Å²) in [7, 11) is 0. The van der Waals surface area contributed by atoms with Crippen LogP contribution in [-0.4, -0.2) is 26.4 Å². The average molecular weight is 302 g/mol. The van der Waals surface area contributed by atoms with E-state index in [9.17, 15) is 18.8 Å². The molecule has 2 aromatic heterocycles. The lowest BCUT2D eigenvalue weighted by Gasteiger charge is -2.20. The van der Waals surface area contributed by atoms with Crippen molar-refractivity contribution >= 4 is 11.8 Å². The summed E-state index contributed by atoms with van der Waals surface area (Å²) < 4.78 is 14.5. The summed E-state index contributed by atoms with van der Waals surface area (Å²) in [5.41, 5.74) is -0.600. The lowest BCUT2D eigenvalue weighted by atomic mass is 9.93. The second-order valence-electron chi connectivity index (χ2n) is 5.00. The summed E-state index contributed by atoms with van der Waals surface area (Å²) in [4.78, 5) is 39.4. The molecule has 0 saturated heterocycles. The van der Waals surface area contributed by atoms with Crippen molar-refractivity contribution in [3.8, 4) is 5.69 Å². The van der Waals surface area contributed by atoms with Gasteiger partial charge in [-0.05, 0) is 18.9 Å². The molecule has 0 saturated carbocycles. The predicted octanol–water partition coefficient (Wildman–Crippen LogP) is 1.59. The van der Waals surface area contributed by atoms with E-state index in [2.05, 4.69) is 4.98 Å². The molecule has 6 nitrogen and oxygen atoms in total. The minimum absolute atomic E-state index is 0.110. The molecule has 2 aromatic rings. The van der Waals surface area contributed by atoms with Crippen LogP contribution >= 0.6 is 0 Å².